The molecule has 1 atom stereocenters. The number of rotatable bonds is 9. The molecule has 1 fully saturated rings. The van der Waals surface area contributed by atoms with Crippen molar-refractivity contribution in [1.82, 2.24) is 19.9 Å². The van der Waals surface area contributed by atoms with Crippen LogP contribution in [0, 0.1) is 0 Å². The Morgan fingerprint density at radius 3 is 2.96 bits per heavy atom. The molecular formula is C19H28N4O2. The fourth-order valence-electron chi connectivity index (χ4n) is 3.39. The second-order valence-electron chi connectivity index (χ2n) is 6.79. The zero-order valence-electron chi connectivity index (χ0n) is 15.2. The van der Waals surface area contributed by atoms with Gasteiger partial charge in [-0.25, -0.2) is 0 Å². The van der Waals surface area contributed by atoms with Gasteiger partial charge in [-0.05, 0) is 32.0 Å². The van der Waals surface area contributed by atoms with Crippen LogP contribution in [-0.2, 0) is 17.7 Å². The molecule has 6 heteroatoms. The Bertz CT molecular complexity index is 631. The summed E-state index contributed by atoms with van der Waals surface area (Å²) in [4.78, 5) is 9.38. The first-order valence-corrected chi connectivity index (χ1v) is 9.01. The monoisotopic (exact) mass is 344 g/mol. The molecule has 3 rings (SSSR count). The maximum absolute atomic E-state index is 5.48. The molecule has 1 aliphatic rings. The minimum atomic E-state index is 0.548. The summed E-state index contributed by atoms with van der Waals surface area (Å²) in [6, 6.07) is 10.8. The quantitative estimate of drug-likeness (QED) is 0.695. The van der Waals surface area contributed by atoms with E-state index in [0.717, 1.165) is 44.5 Å². The van der Waals surface area contributed by atoms with Crippen LogP contribution in [0.2, 0.25) is 0 Å². The summed E-state index contributed by atoms with van der Waals surface area (Å²) >= 11 is 0. The van der Waals surface area contributed by atoms with E-state index in [1.807, 2.05) is 18.2 Å². The molecule has 0 amide bonds. The number of ether oxygens (including phenoxy) is 1. The van der Waals surface area contributed by atoms with Crippen molar-refractivity contribution in [3.8, 4) is 0 Å². The van der Waals surface area contributed by atoms with Crippen LogP contribution in [0.4, 0.5) is 0 Å². The average molecular weight is 344 g/mol. The molecule has 1 aliphatic heterocycles. The van der Waals surface area contributed by atoms with Crippen molar-refractivity contribution >= 4 is 0 Å². The SMILES string of the molecule is COCCN(C)C[C@@H]1CCCN1Cc1nc(Cc2ccccc2)no1. The lowest BCUT2D eigenvalue weighted by molar-refractivity contribution is 0.131. The number of likely N-dealkylation sites (tertiary alicyclic amines) is 1. The smallest absolute Gasteiger partial charge is 0.240 e. The molecule has 0 unspecified atom stereocenters. The van der Waals surface area contributed by atoms with Gasteiger partial charge in [-0.2, -0.15) is 4.98 Å². The van der Waals surface area contributed by atoms with Gasteiger partial charge in [-0.15, -0.1) is 0 Å². The van der Waals surface area contributed by atoms with Gasteiger partial charge < -0.3 is 14.2 Å². The van der Waals surface area contributed by atoms with Crippen LogP contribution in [0.25, 0.3) is 0 Å². The van der Waals surface area contributed by atoms with Crippen LogP contribution in [0.3, 0.4) is 0 Å². The summed E-state index contributed by atoms with van der Waals surface area (Å²) in [5.74, 6) is 1.48. The van der Waals surface area contributed by atoms with Crippen LogP contribution < -0.4 is 0 Å². The highest BCUT2D eigenvalue weighted by atomic mass is 16.5. The topological polar surface area (TPSA) is 54.6 Å². The molecule has 2 aromatic rings. The largest absolute Gasteiger partial charge is 0.383 e. The van der Waals surface area contributed by atoms with Crippen molar-refractivity contribution in [1.29, 1.82) is 0 Å². The minimum Gasteiger partial charge on any atom is -0.383 e. The predicted molar refractivity (Wildman–Crippen MR) is 96.4 cm³/mol. The lowest BCUT2D eigenvalue weighted by atomic mass is 10.1. The zero-order chi connectivity index (χ0) is 17.5. The Labute approximate surface area is 149 Å². The van der Waals surface area contributed by atoms with E-state index in [1.165, 1.54) is 18.4 Å². The van der Waals surface area contributed by atoms with Gasteiger partial charge in [0.2, 0.25) is 5.89 Å². The van der Waals surface area contributed by atoms with Crippen LogP contribution in [-0.4, -0.2) is 66.4 Å². The molecule has 6 nitrogen and oxygen atoms in total. The average Bonchev–Trinajstić information content (AvgIpc) is 3.24. The van der Waals surface area contributed by atoms with Gasteiger partial charge in [0.15, 0.2) is 5.82 Å². The van der Waals surface area contributed by atoms with Crippen molar-refractivity contribution in [2.75, 3.05) is 40.4 Å². The maximum atomic E-state index is 5.48. The first-order chi connectivity index (χ1) is 12.2. The number of nitrogens with zero attached hydrogens (tertiary/aromatic N) is 4. The van der Waals surface area contributed by atoms with E-state index in [2.05, 4.69) is 39.1 Å². The number of benzene rings is 1. The fraction of sp³-hybridized carbons (Fsp3) is 0.579. The number of hydrogen-bond acceptors (Lipinski definition) is 6. The number of aromatic nitrogens is 2. The second-order valence-corrected chi connectivity index (χ2v) is 6.79. The maximum Gasteiger partial charge on any atom is 0.240 e. The first-order valence-electron chi connectivity index (χ1n) is 9.01. The van der Waals surface area contributed by atoms with E-state index >= 15 is 0 Å². The highest BCUT2D eigenvalue weighted by Crippen LogP contribution is 2.20. The van der Waals surface area contributed by atoms with E-state index in [0.29, 0.717) is 12.5 Å². The van der Waals surface area contributed by atoms with Gasteiger partial charge in [0, 0.05) is 32.7 Å². The predicted octanol–water partition coefficient (Wildman–Crippen LogP) is 2.20. The third-order valence-corrected chi connectivity index (χ3v) is 4.75. The Kier molecular flexibility index (Phi) is 6.55. The van der Waals surface area contributed by atoms with Crippen molar-refractivity contribution in [3.63, 3.8) is 0 Å². The Balaban J connectivity index is 1.53. The van der Waals surface area contributed by atoms with Gasteiger partial charge in [0.25, 0.3) is 0 Å². The van der Waals surface area contributed by atoms with Gasteiger partial charge >= 0.3 is 0 Å². The van der Waals surface area contributed by atoms with Gasteiger partial charge in [0.1, 0.15) is 0 Å². The van der Waals surface area contributed by atoms with Crippen LogP contribution in [0.1, 0.15) is 30.1 Å². The van der Waals surface area contributed by atoms with Crippen molar-refractivity contribution in [3.05, 3.63) is 47.6 Å². The Morgan fingerprint density at radius 2 is 2.16 bits per heavy atom. The zero-order valence-corrected chi connectivity index (χ0v) is 15.2. The van der Waals surface area contributed by atoms with Crippen LogP contribution >= 0.6 is 0 Å². The molecule has 0 saturated carbocycles. The van der Waals surface area contributed by atoms with E-state index in [-0.39, 0.29) is 0 Å². The molecule has 0 spiro atoms. The second kappa shape index (κ2) is 9.08. The number of methoxy groups -OCH3 is 1. The molecule has 25 heavy (non-hydrogen) atoms. The van der Waals surface area contributed by atoms with E-state index in [1.54, 1.807) is 7.11 Å². The van der Waals surface area contributed by atoms with Crippen LogP contribution in [0.15, 0.2) is 34.9 Å². The molecule has 136 valence electrons. The molecule has 1 aromatic carbocycles. The minimum absolute atomic E-state index is 0.548. The molecule has 0 bridgehead atoms. The molecule has 2 heterocycles. The lowest BCUT2D eigenvalue weighted by Crippen LogP contribution is -2.39. The van der Waals surface area contributed by atoms with Gasteiger partial charge in [0.05, 0.1) is 13.2 Å². The molecular weight excluding hydrogens is 316 g/mol. The van der Waals surface area contributed by atoms with E-state index < -0.39 is 0 Å². The summed E-state index contributed by atoms with van der Waals surface area (Å²) in [6.07, 6.45) is 3.17. The highest BCUT2D eigenvalue weighted by molar-refractivity contribution is 5.18. The van der Waals surface area contributed by atoms with Gasteiger partial charge in [-0.1, -0.05) is 35.5 Å². The van der Waals surface area contributed by atoms with Crippen LogP contribution in [0.5, 0.6) is 0 Å². The van der Waals surface area contributed by atoms with E-state index in [9.17, 15) is 0 Å². The van der Waals surface area contributed by atoms with Crippen molar-refractivity contribution in [2.24, 2.45) is 0 Å². The number of hydrogen-bond donors (Lipinski definition) is 0. The summed E-state index contributed by atoms with van der Waals surface area (Å²) in [6.45, 7) is 4.62. The summed E-state index contributed by atoms with van der Waals surface area (Å²) in [5, 5.41) is 4.14. The molecule has 0 N–H and O–H groups in total. The summed E-state index contributed by atoms with van der Waals surface area (Å²) in [7, 11) is 3.90. The molecule has 0 aliphatic carbocycles. The summed E-state index contributed by atoms with van der Waals surface area (Å²) in [5.41, 5.74) is 1.20. The summed E-state index contributed by atoms with van der Waals surface area (Å²) < 4.78 is 10.6. The first kappa shape index (κ1) is 18.0. The van der Waals surface area contributed by atoms with Crippen molar-refractivity contribution in [2.45, 2.75) is 31.8 Å². The van der Waals surface area contributed by atoms with E-state index in [4.69, 9.17) is 9.26 Å². The Hall–Kier alpha value is -1.76. The van der Waals surface area contributed by atoms with Gasteiger partial charge in [-0.3, -0.25) is 4.90 Å². The molecule has 0 radical (unpaired) electrons. The van der Waals surface area contributed by atoms with Crippen molar-refractivity contribution < 1.29 is 9.26 Å². The molecule has 1 saturated heterocycles. The number of likely N-dealkylation sites (N-methyl/N-ethyl adjacent to an activating group) is 1. The fourth-order valence-corrected chi connectivity index (χ4v) is 3.39. The lowest BCUT2D eigenvalue weighted by Gasteiger charge is -2.27. The standard InChI is InChI=1S/C19H28N4O2/c1-22(11-12-24-2)14-17-9-6-10-23(17)15-19-20-18(21-25-19)13-16-7-4-3-5-8-16/h3-5,7-8,17H,6,9-15H2,1-2H3/t17-/m0/s1. The normalized spacial score (nSPS) is 18.3. The third kappa shape index (κ3) is 5.36. The molecule has 1 aromatic heterocycles. The highest BCUT2D eigenvalue weighted by Gasteiger charge is 2.27. The third-order valence-electron chi connectivity index (χ3n) is 4.75. The Morgan fingerprint density at radius 1 is 1.32 bits per heavy atom.